The molecule has 0 amide bonds. The van der Waals surface area contributed by atoms with E-state index in [-0.39, 0.29) is 0 Å². The molecule has 0 bridgehead atoms. The smallest absolute Gasteiger partial charge is 0.335 e. The van der Waals surface area contributed by atoms with Gasteiger partial charge < -0.3 is 15.3 Å². The highest BCUT2D eigenvalue weighted by atomic mass is 19.2. The number of carboxylic acid groups (broad SMARTS) is 1. The van der Waals surface area contributed by atoms with Crippen molar-refractivity contribution < 1.29 is 42.1 Å². The summed E-state index contributed by atoms with van der Waals surface area (Å²) >= 11 is 0. The summed E-state index contributed by atoms with van der Waals surface area (Å²) in [5.41, 5.74) is -1.80. The average Bonchev–Trinajstić information content (AvgIpc) is 2.32. The first-order valence-corrected chi connectivity index (χ1v) is 4.30. The quantitative estimate of drug-likeness (QED) is 0.433. The highest BCUT2D eigenvalue weighted by Gasteiger charge is 2.35. The first-order valence-electron chi connectivity index (χ1n) is 4.30. The van der Waals surface area contributed by atoms with Crippen molar-refractivity contribution in [1.29, 1.82) is 0 Å². The van der Waals surface area contributed by atoms with Gasteiger partial charge in [0.05, 0.1) is 5.56 Å². The van der Waals surface area contributed by atoms with E-state index < -0.39 is 52.8 Å². The molecule has 0 radical (unpaired) electrons. The molecule has 3 N–H and O–H groups in total. The number of benzene rings is 1. The Hall–Kier alpha value is -1.74. The molecule has 0 heterocycles. The Bertz CT molecular complexity index is 475. The van der Waals surface area contributed by atoms with Crippen molar-refractivity contribution in [2.24, 2.45) is 0 Å². The van der Waals surface area contributed by atoms with Crippen LogP contribution in [0.4, 0.5) is 22.0 Å². The third-order valence-electron chi connectivity index (χ3n) is 2.09. The minimum atomic E-state index is -2.80. The Morgan fingerprint density at radius 1 is 0.833 bits per heavy atom. The molecule has 0 aromatic heterocycles. The first-order chi connectivity index (χ1) is 8.20. The van der Waals surface area contributed by atoms with Crippen LogP contribution >= 0.6 is 0 Å². The van der Waals surface area contributed by atoms with Gasteiger partial charge in [-0.05, 0) is 0 Å². The SMILES string of the molecule is O=C(O)C(O)C(O)c1c(F)c(F)c(F)c(F)c1F. The van der Waals surface area contributed by atoms with E-state index in [0.717, 1.165) is 0 Å². The fraction of sp³-hybridized carbons (Fsp3) is 0.222. The Labute approximate surface area is 95.9 Å². The number of aliphatic carboxylic acids is 1. The van der Waals surface area contributed by atoms with Crippen molar-refractivity contribution in [3.8, 4) is 0 Å². The van der Waals surface area contributed by atoms with Gasteiger partial charge in [-0.15, -0.1) is 0 Å². The molecule has 18 heavy (non-hydrogen) atoms. The van der Waals surface area contributed by atoms with Crippen LogP contribution in [0.15, 0.2) is 0 Å². The van der Waals surface area contributed by atoms with Gasteiger partial charge in [0.15, 0.2) is 29.4 Å². The van der Waals surface area contributed by atoms with E-state index in [4.69, 9.17) is 15.3 Å². The van der Waals surface area contributed by atoms with Crippen LogP contribution in [-0.2, 0) is 4.79 Å². The van der Waals surface area contributed by atoms with Crippen molar-refractivity contribution in [3.05, 3.63) is 34.6 Å². The highest BCUT2D eigenvalue weighted by molar-refractivity contribution is 5.73. The monoisotopic (exact) mass is 272 g/mol. The van der Waals surface area contributed by atoms with Crippen LogP contribution in [0, 0.1) is 29.1 Å². The van der Waals surface area contributed by atoms with E-state index in [1.54, 1.807) is 0 Å². The molecule has 1 aromatic carbocycles. The van der Waals surface area contributed by atoms with Gasteiger partial charge in [-0.3, -0.25) is 0 Å². The lowest BCUT2D eigenvalue weighted by atomic mass is 10.0. The van der Waals surface area contributed by atoms with Gasteiger partial charge in [-0.1, -0.05) is 0 Å². The summed E-state index contributed by atoms with van der Waals surface area (Å²) in [5.74, 6) is -14.0. The number of aliphatic hydroxyl groups excluding tert-OH is 2. The summed E-state index contributed by atoms with van der Waals surface area (Å²) in [7, 11) is 0. The standard InChI is InChI=1S/C9H5F5O4/c10-2-1(7(15)8(16)9(17)18)3(11)5(13)6(14)4(2)12/h7-8,15-16H,(H,17,18). The summed E-state index contributed by atoms with van der Waals surface area (Å²) in [4.78, 5) is 10.3. The number of halogens is 5. The fourth-order valence-corrected chi connectivity index (χ4v) is 1.17. The Balaban J connectivity index is 3.46. The van der Waals surface area contributed by atoms with Crippen LogP contribution in [0.2, 0.25) is 0 Å². The topological polar surface area (TPSA) is 77.8 Å². The minimum absolute atomic E-state index is 1.80. The van der Waals surface area contributed by atoms with Gasteiger partial charge >= 0.3 is 5.97 Å². The van der Waals surface area contributed by atoms with Gasteiger partial charge in [0.1, 0.15) is 6.10 Å². The zero-order valence-electron chi connectivity index (χ0n) is 8.29. The Morgan fingerprint density at radius 3 is 1.50 bits per heavy atom. The number of aliphatic hydroxyl groups is 2. The molecule has 0 aliphatic rings. The summed E-state index contributed by atoms with van der Waals surface area (Å²) in [5, 5.41) is 26.2. The molecule has 0 aliphatic heterocycles. The zero-order chi connectivity index (χ0) is 14.2. The van der Waals surface area contributed by atoms with Crippen LogP contribution < -0.4 is 0 Å². The Kier molecular flexibility index (Phi) is 3.87. The van der Waals surface area contributed by atoms with Crippen molar-refractivity contribution in [2.45, 2.75) is 12.2 Å². The second-order valence-corrected chi connectivity index (χ2v) is 3.21. The number of hydrogen-bond donors (Lipinski definition) is 3. The molecule has 0 aliphatic carbocycles. The maximum atomic E-state index is 13.1. The predicted octanol–water partition coefficient (Wildman–Crippen LogP) is 0.861. The van der Waals surface area contributed by atoms with Crippen molar-refractivity contribution in [2.75, 3.05) is 0 Å². The van der Waals surface area contributed by atoms with Crippen molar-refractivity contribution >= 4 is 5.97 Å². The average molecular weight is 272 g/mol. The molecule has 0 saturated heterocycles. The van der Waals surface area contributed by atoms with Crippen LogP contribution in [0.1, 0.15) is 11.7 Å². The van der Waals surface area contributed by atoms with Crippen molar-refractivity contribution in [1.82, 2.24) is 0 Å². The molecule has 0 saturated carbocycles. The van der Waals surface area contributed by atoms with Gasteiger partial charge in [-0.25, -0.2) is 26.7 Å². The van der Waals surface area contributed by atoms with Gasteiger partial charge in [0.25, 0.3) is 0 Å². The van der Waals surface area contributed by atoms with Crippen LogP contribution in [0.5, 0.6) is 0 Å². The number of carbonyl (C=O) groups is 1. The largest absolute Gasteiger partial charge is 0.479 e. The first kappa shape index (κ1) is 14.3. The molecular formula is C9H5F5O4. The molecule has 0 fully saturated rings. The molecule has 1 aromatic rings. The number of hydrogen-bond acceptors (Lipinski definition) is 3. The molecule has 100 valence electrons. The zero-order valence-corrected chi connectivity index (χ0v) is 8.29. The lowest BCUT2D eigenvalue weighted by Crippen LogP contribution is -2.29. The second-order valence-electron chi connectivity index (χ2n) is 3.21. The molecule has 2 unspecified atom stereocenters. The maximum absolute atomic E-state index is 13.1. The molecule has 9 heteroatoms. The van der Waals surface area contributed by atoms with E-state index >= 15 is 0 Å². The molecule has 2 atom stereocenters. The summed E-state index contributed by atoms with van der Waals surface area (Å²) in [6, 6.07) is 0. The van der Waals surface area contributed by atoms with E-state index in [9.17, 15) is 26.7 Å². The van der Waals surface area contributed by atoms with Crippen LogP contribution in [0.3, 0.4) is 0 Å². The minimum Gasteiger partial charge on any atom is -0.479 e. The van der Waals surface area contributed by atoms with Gasteiger partial charge in [-0.2, -0.15) is 0 Å². The lowest BCUT2D eigenvalue weighted by Gasteiger charge is -2.16. The van der Waals surface area contributed by atoms with Crippen molar-refractivity contribution in [3.63, 3.8) is 0 Å². The third-order valence-corrected chi connectivity index (χ3v) is 2.09. The predicted molar refractivity (Wildman–Crippen MR) is 44.8 cm³/mol. The van der Waals surface area contributed by atoms with E-state index in [0.29, 0.717) is 0 Å². The summed E-state index contributed by atoms with van der Waals surface area (Å²) < 4.78 is 64.3. The van der Waals surface area contributed by atoms with E-state index in [2.05, 4.69) is 0 Å². The third kappa shape index (κ3) is 2.14. The maximum Gasteiger partial charge on any atom is 0.335 e. The molecular weight excluding hydrogens is 267 g/mol. The highest BCUT2D eigenvalue weighted by Crippen LogP contribution is 2.29. The van der Waals surface area contributed by atoms with Gasteiger partial charge in [0, 0.05) is 0 Å². The lowest BCUT2D eigenvalue weighted by molar-refractivity contribution is -0.153. The number of carboxylic acids is 1. The summed E-state index contributed by atoms with van der Waals surface area (Å²) in [6.07, 6.45) is -5.54. The second kappa shape index (κ2) is 4.86. The van der Waals surface area contributed by atoms with E-state index in [1.165, 1.54) is 0 Å². The molecule has 1 rings (SSSR count). The van der Waals surface area contributed by atoms with E-state index in [1.807, 2.05) is 0 Å². The van der Waals surface area contributed by atoms with Gasteiger partial charge in [0.2, 0.25) is 5.82 Å². The molecule has 4 nitrogen and oxygen atoms in total. The fourth-order valence-electron chi connectivity index (χ4n) is 1.17. The summed E-state index contributed by atoms with van der Waals surface area (Å²) in [6.45, 7) is 0. The number of rotatable bonds is 3. The van der Waals surface area contributed by atoms with Crippen LogP contribution in [0.25, 0.3) is 0 Å². The normalized spacial score (nSPS) is 14.4. The molecule has 0 spiro atoms. The van der Waals surface area contributed by atoms with Crippen LogP contribution in [-0.4, -0.2) is 27.4 Å². The Morgan fingerprint density at radius 2 is 1.17 bits per heavy atom.